The van der Waals surface area contributed by atoms with Crippen LogP contribution in [0.5, 0.6) is 0 Å². The maximum atomic E-state index is 12.6. The van der Waals surface area contributed by atoms with Gasteiger partial charge in [0.05, 0.1) is 0 Å². The first-order valence-electron chi connectivity index (χ1n) is 7.29. The number of sulfonamides is 1. The summed E-state index contributed by atoms with van der Waals surface area (Å²) in [5.41, 5.74) is 2.51. The largest absolute Gasteiger partial charge is 0.452 e. The Bertz CT molecular complexity index is 1050. The molecule has 2 aromatic heterocycles. The van der Waals surface area contributed by atoms with Crippen molar-refractivity contribution >= 4 is 27.0 Å². The van der Waals surface area contributed by atoms with E-state index < -0.39 is 22.0 Å². The van der Waals surface area contributed by atoms with E-state index in [2.05, 4.69) is 14.4 Å². The first kappa shape index (κ1) is 18.5. The lowest BCUT2D eigenvalue weighted by molar-refractivity contribution is -0.155. The standard InChI is InChI=1S/C16H13F3N2O3S2/c1-9-3-4-12(5-10(9)2)21-26(22,23)15-6-11(8-25-15)13-7-14(24-20-13)16(17,18)19/h3-8,21H,1-2H3. The highest BCUT2D eigenvalue weighted by Crippen LogP contribution is 2.34. The van der Waals surface area contributed by atoms with Gasteiger partial charge >= 0.3 is 6.18 Å². The summed E-state index contributed by atoms with van der Waals surface area (Å²) in [6, 6.07) is 7.12. The van der Waals surface area contributed by atoms with Crippen LogP contribution in [0.25, 0.3) is 11.3 Å². The Hall–Kier alpha value is -2.33. The molecule has 0 atom stereocenters. The maximum absolute atomic E-state index is 12.6. The fraction of sp³-hybridized carbons (Fsp3) is 0.188. The topological polar surface area (TPSA) is 72.2 Å². The number of nitrogens with zero attached hydrogens (tertiary/aromatic N) is 1. The molecule has 0 aliphatic rings. The molecule has 1 N–H and O–H groups in total. The second-order valence-electron chi connectivity index (χ2n) is 5.63. The second-order valence-corrected chi connectivity index (χ2v) is 8.45. The average Bonchev–Trinajstić information content (AvgIpc) is 3.18. The fourth-order valence-electron chi connectivity index (χ4n) is 2.15. The average molecular weight is 402 g/mol. The number of rotatable bonds is 4. The van der Waals surface area contributed by atoms with Gasteiger partial charge in [0.15, 0.2) is 0 Å². The molecule has 26 heavy (non-hydrogen) atoms. The number of benzene rings is 1. The summed E-state index contributed by atoms with van der Waals surface area (Å²) < 4.78 is 69.4. The summed E-state index contributed by atoms with van der Waals surface area (Å²) in [6.07, 6.45) is -4.65. The SMILES string of the molecule is Cc1ccc(NS(=O)(=O)c2cc(-c3cc(C(F)(F)F)on3)cs2)cc1C. The van der Waals surface area contributed by atoms with Gasteiger partial charge in [-0.3, -0.25) is 4.72 Å². The van der Waals surface area contributed by atoms with E-state index in [4.69, 9.17) is 0 Å². The van der Waals surface area contributed by atoms with E-state index in [0.717, 1.165) is 28.5 Å². The molecule has 0 unspecified atom stereocenters. The van der Waals surface area contributed by atoms with Crippen LogP contribution in [0.2, 0.25) is 0 Å². The van der Waals surface area contributed by atoms with Gasteiger partial charge in [0, 0.05) is 22.7 Å². The predicted molar refractivity (Wildman–Crippen MR) is 91.5 cm³/mol. The van der Waals surface area contributed by atoms with Crippen LogP contribution in [0.15, 0.2) is 44.4 Å². The number of alkyl halides is 3. The third-order valence-electron chi connectivity index (χ3n) is 3.68. The summed E-state index contributed by atoms with van der Waals surface area (Å²) in [5.74, 6) is -1.24. The monoisotopic (exact) mass is 402 g/mol. The molecule has 2 heterocycles. The van der Waals surface area contributed by atoms with Gasteiger partial charge in [-0.2, -0.15) is 13.2 Å². The van der Waals surface area contributed by atoms with Crippen LogP contribution >= 0.6 is 11.3 Å². The molecule has 0 saturated heterocycles. The van der Waals surface area contributed by atoms with Crippen molar-refractivity contribution in [3.05, 3.63) is 52.6 Å². The fourth-order valence-corrected chi connectivity index (χ4v) is 4.37. The summed E-state index contributed by atoms with van der Waals surface area (Å²) in [6.45, 7) is 3.77. The Morgan fingerprint density at radius 3 is 2.46 bits per heavy atom. The van der Waals surface area contributed by atoms with E-state index in [1.165, 1.54) is 11.4 Å². The Labute approximate surface area is 151 Å². The van der Waals surface area contributed by atoms with Crippen LogP contribution < -0.4 is 4.72 Å². The van der Waals surface area contributed by atoms with Crippen LogP contribution in [0.1, 0.15) is 16.9 Å². The van der Waals surface area contributed by atoms with Crippen LogP contribution in [-0.4, -0.2) is 13.6 Å². The molecule has 0 saturated carbocycles. The van der Waals surface area contributed by atoms with Gasteiger partial charge in [-0.1, -0.05) is 11.2 Å². The van der Waals surface area contributed by atoms with Crippen molar-refractivity contribution in [1.29, 1.82) is 0 Å². The summed E-state index contributed by atoms with van der Waals surface area (Å²) >= 11 is 0.881. The smallest absolute Gasteiger partial charge is 0.351 e. The highest BCUT2D eigenvalue weighted by Gasteiger charge is 2.36. The van der Waals surface area contributed by atoms with Crippen LogP contribution in [-0.2, 0) is 16.2 Å². The minimum atomic E-state index is -4.65. The number of hydrogen-bond donors (Lipinski definition) is 1. The lowest BCUT2D eigenvalue weighted by atomic mass is 10.1. The molecule has 0 radical (unpaired) electrons. The molecule has 0 amide bonds. The molecular formula is C16H13F3N2O3S2. The van der Waals surface area contributed by atoms with Crippen molar-refractivity contribution in [2.24, 2.45) is 0 Å². The Morgan fingerprint density at radius 1 is 1.12 bits per heavy atom. The molecule has 1 aromatic carbocycles. The van der Waals surface area contributed by atoms with E-state index in [9.17, 15) is 21.6 Å². The van der Waals surface area contributed by atoms with E-state index in [0.29, 0.717) is 5.69 Å². The van der Waals surface area contributed by atoms with Crippen LogP contribution in [0.3, 0.4) is 0 Å². The zero-order valence-electron chi connectivity index (χ0n) is 13.6. The zero-order valence-corrected chi connectivity index (χ0v) is 15.2. The number of anilines is 1. The Balaban J connectivity index is 1.86. The predicted octanol–water partition coefficient (Wildman–Crippen LogP) is 4.84. The molecule has 3 aromatic rings. The van der Waals surface area contributed by atoms with Gasteiger partial charge in [-0.05, 0) is 43.2 Å². The second kappa shape index (κ2) is 6.44. The highest BCUT2D eigenvalue weighted by atomic mass is 32.2. The van der Waals surface area contributed by atoms with Gasteiger partial charge in [-0.15, -0.1) is 11.3 Å². The molecule has 0 bridgehead atoms. The van der Waals surface area contributed by atoms with Crippen molar-refractivity contribution in [2.75, 3.05) is 4.72 Å². The zero-order chi connectivity index (χ0) is 19.1. The molecule has 0 aliphatic heterocycles. The molecule has 0 aliphatic carbocycles. The maximum Gasteiger partial charge on any atom is 0.452 e. The molecule has 10 heteroatoms. The number of nitrogens with one attached hydrogen (secondary N) is 1. The quantitative estimate of drug-likeness (QED) is 0.678. The molecular weight excluding hydrogens is 389 g/mol. The lowest BCUT2D eigenvalue weighted by Crippen LogP contribution is -2.11. The number of aromatic nitrogens is 1. The number of hydrogen-bond acceptors (Lipinski definition) is 5. The molecule has 0 fully saturated rings. The van der Waals surface area contributed by atoms with E-state index in [-0.39, 0.29) is 15.5 Å². The number of aryl methyl sites for hydroxylation is 2. The summed E-state index contributed by atoms with van der Waals surface area (Å²) in [5, 5.41) is 4.76. The molecule has 5 nitrogen and oxygen atoms in total. The number of thiophene rings is 1. The Kier molecular flexibility index (Phi) is 4.57. The van der Waals surface area contributed by atoms with Crippen molar-refractivity contribution in [2.45, 2.75) is 24.2 Å². The van der Waals surface area contributed by atoms with Crippen molar-refractivity contribution in [3.63, 3.8) is 0 Å². The van der Waals surface area contributed by atoms with Gasteiger partial charge in [0.1, 0.15) is 9.90 Å². The molecule has 3 rings (SSSR count). The normalized spacial score (nSPS) is 12.3. The summed E-state index contributed by atoms with van der Waals surface area (Å²) in [7, 11) is -3.86. The minimum Gasteiger partial charge on any atom is -0.351 e. The van der Waals surface area contributed by atoms with Gasteiger partial charge in [0.25, 0.3) is 10.0 Å². The van der Waals surface area contributed by atoms with Gasteiger partial charge < -0.3 is 4.52 Å². The molecule has 0 spiro atoms. The number of halogens is 3. The van der Waals surface area contributed by atoms with Gasteiger partial charge in [-0.25, -0.2) is 8.42 Å². The lowest BCUT2D eigenvalue weighted by Gasteiger charge is -2.08. The summed E-state index contributed by atoms with van der Waals surface area (Å²) in [4.78, 5) is 0. The van der Waals surface area contributed by atoms with Crippen molar-refractivity contribution in [1.82, 2.24) is 5.16 Å². The minimum absolute atomic E-state index is 0.0395. The van der Waals surface area contributed by atoms with Crippen molar-refractivity contribution in [3.8, 4) is 11.3 Å². The third kappa shape index (κ3) is 3.75. The third-order valence-corrected chi connectivity index (χ3v) is 6.51. The van der Waals surface area contributed by atoms with Crippen molar-refractivity contribution < 1.29 is 26.1 Å². The van der Waals surface area contributed by atoms with E-state index in [1.54, 1.807) is 18.2 Å². The Morgan fingerprint density at radius 2 is 1.85 bits per heavy atom. The van der Waals surface area contributed by atoms with E-state index in [1.807, 2.05) is 13.8 Å². The van der Waals surface area contributed by atoms with Gasteiger partial charge in [0.2, 0.25) is 5.76 Å². The first-order valence-corrected chi connectivity index (χ1v) is 9.65. The van der Waals surface area contributed by atoms with E-state index >= 15 is 0 Å². The first-order chi connectivity index (χ1) is 12.1. The van der Waals surface area contributed by atoms with Crippen LogP contribution in [0.4, 0.5) is 18.9 Å². The molecule has 138 valence electrons. The highest BCUT2D eigenvalue weighted by molar-refractivity contribution is 7.94. The van der Waals surface area contributed by atoms with Crippen LogP contribution in [0, 0.1) is 13.8 Å².